The number of hydroxylamine groups is 2. The molecule has 0 spiro atoms. The van der Waals surface area contributed by atoms with Crippen LogP contribution in [0.2, 0.25) is 0 Å². The van der Waals surface area contributed by atoms with Gasteiger partial charge in [0.1, 0.15) is 54.4 Å². The molecule has 46 heavy (non-hydrogen) atoms. The Morgan fingerprint density at radius 1 is 0.957 bits per heavy atom. The lowest BCUT2D eigenvalue weighted by Gasteiger charge is -2.49. The summed E-state index contributed by atoms with van der Waals surface area (Å²) in [5.74, 6) is 0.383. The summed E-state index contributed by atoms with van der Waals surface area (Å²) in [6.07, 6.45) is -12.8. The average molecular weight is 668 g/mol. The van der Waals surface area contributed by atoms with Crippen molar-refractivity contribution in [2.75, 3.05) is 39.8 Å². The molecule has 2 aliphatic carbocycles. The summed E-state index contributed by atoms with van der Waals surface area (Å²) in [7, 11) is 1.53. The monoisotopic (exact) mass is 667 g/mol. The van der Waals surface area contributed by atoms with E-state index in [0.29, 0.717) is 17.5 Å². The molecule has 4 rings (SSSR count). The second-order valence-corrected chi connectivity index (χ2v) is 13.1. The minimum absolute atomic E-state index is 0.0322. The molecule has 2 amide bonds. The van der Waals surface area contributed by atoms with Crippen molar-refractivity contribution in [3.63, 3.8) is 0 Å². The number of likely N-dealkylation sites (N-methyl/N-ethyl adjacent to an activating group) is 1. The van der Waals surface area contributed by atoms with E-state index >= 15 is 0 Å². The molecular formula is C27H53N7O12. The number of rotatable bonds is 12. The molecule has 2 aliphatic heterocycles. The van der Waals surface area contributed by atoms with Gasteiger partial charge in [-0.1, -0.05) is 0 Å². The highest BCUT2D eigenvalue weighted by atomic mass is 16.7. The second-order valence-electron chi connectivity index (χ2n) is 13.1. The molecule has 2 saturated heterocycles. The molecule has 0 aromatic carbocycles. The van der Waals surface area contributed by atoms with E-state index in [4.69, 9.17) is 36.1 Å². The van der Waals surface area contributed by atoms with Crippen LogP contribution < -0.4 is 33.2 Å². The minimum atomic E-state index is -1.71. The number of ether oxygens (including phenoxy) is 4. The predicted molar refractivity (Wildman–Crippen MR) is 158 cm³/mol. The largest absolute Gasteiger partial charge is 0.388 e. The van der Waals surface area contributed by atoms with Crippen LogP contribution in [-0.2, 0) is 18.9 Å². The Balaban J connectivity index is 1.49. The van der Waals surface area contributed by atoms with Gasteiger partial charge < -0.3 is 82.7 Å². The molecule has 0 aromatic rings. The third-order valence-electron chi connectivity index (χ3n) is 9.34. The summed E-state index contributed by atoms with van der Waals surface area (Å²) in [6, 6.07) is -3.74. The summed E-state index contributed by atoms with van der Waals surface area (Å²) in [5.41, 5.74) is 16.2. The number of nitrogens with two attached hydrogens (primary N) is 3. The van der Waals surface area contributed by atoms with Gasteiger partial charge in [0.25, 0.3) is 0 Å². The lowest BCUT2D eigenvalue weighted by molar-refractivity contribution is -0.330. The number of aliphatic hydroxyl groups is 6. The van der Waals surface area contributed by atoms with Crippen LogP contribution in [0.5, 0.6) is 0 Å². The molecular weight excluding hydrogens is 614 g/mol. The average Bonchev–Trinajstić information content (AvgIpc) is 2.98. The third kappa shape index (κ3) is 8.43. The van der Waals surface area contributed by atoms with Gasteiger partial charge in [-0.3, -0.25) is 5.21 Å². The maximum absolute atomic E-state index is 12.7. The summed E-state index contributed by atoms with van der Waals surface area (Å²) < 4.78 is 23.4. The molecule has 16 N–H and O–H groups in total. The van der Waals surface area contributed by atoms with E-state index in [1.807, 2.05) is 0 Å². The summed E-state index contributed by atoms with van der Waals surface area (Å²) in [6.45, 7) is 1.75. The Morgan fingerprint density at radius 2 is 1.63 bits per heavy atom. The molecule has 2 heterocycles. The van der Waals surface area contributed by atoms with Crippen LogP contribution in [0.25, 0.3) is 0 Å². The van der Waals surface area contributed by atoms with E-state index in [9.17, 15) is 40.6 Å². The first-order chi connectivity index (χ1) is 21.7. The Morgan fingerprint density at radius 3 is 2.26 bits per heavy atom. The van der Waals surface area contributed by atoms with Crippen molar-refractivity contribution < 1.29 is 59.6 Å². The van der Waals surface area contributed by atoms with Crippen LogP contribution in [0.4, 0.5) is 4.79 Å². The molecule has 14 atom stereocenters. The van der Waals surface area contributed by atoms with E-state index in [2.05, 4.69) is 16.0 Å². The topological polar surface area (TPSA) is 313 Å². The molecule has 2 saturated carbocycles. The molecule has 19 nitrogen and oxygen atoms in total. The molecule has 4 aliphatic rings. The fraction of sp³-hybridized carbons (Fsp3) is 0.963. The molecule has 4 fully saturated rings. The van der Waals surface area contributed by atoms with Crippen molar-refractivity contribution in [1.29, 1.82) is 0 Å². The molecule has 0 radical (unpaired) electrons. The number of nitrogens with one attached hydrogen (secondary N) is 3. The van der Waals surface area contributed by atoms with Crippen molar-refractivity contribution in [2.24, 2.45) is 23.1 Å². The molecule has 0 aromatic heterocycles. The lowest BCUT2D eigenvalue weighted by atomic mass is 9.81. The summed E-state index contributed by atoms with van der Waals surface area (Å²) in [4.78, 5) is 12.7. The van der Waals surface area contributed by atoms with Gasteiger partial charge in [0.15, 0.2) is 12.6 Å². The van der Waals surface area contributed by atoms with E-state index in [0.717, 1.165) is 12.8 Å². The Labute approximate surface area is 267 Å². The number of carbonyl (C=O) groups excluding carboxylic acids is 1. The summed E-state index contributed by atoms with van der Waals surface area (Å²) >= 11 is 0. The fourth-order valence-electron chi connectivity index (χ4n) is 6.65. The number of urea groups is 1. The maximum Gasteiger partial charge on any atom is 0.341 e. The highest BCUT2D eigenvalue weighted by Gasteiger charge is 2.53. The van der Waals surface area contributed by atoms with Gasteiger partial charge in [0.2, 0.25) is 0 Å². The normalized spacial score (nSPS) is 46.4. The highest BCUT2D eigenvalue weighted by Crippen LogP contribution is 2.33. The van der Waals surface area contributed by atoms with Crippen LogP contribution in [0.15, 0.2) is 0 Å². The van der Waals surface area contributed by atoms with Gasteiger partial charge in [0.05, 0.1) is 25.2 Å². The molecule has 0 bridgehead atoms. The number of hydrogen-bond acceptors (Lipinski definition) is 17. The predicted octanol–water partition coefficient (Wildman–Crippen LogP) is -6.23. The van der Waals surface area contributed by atoms with Crippen LogP contribution in [-0.4, -0.2) is 178 Å². The van der Waals surface area contributed by atoms with Crippen LogP contribution in [0, 0.1) is 5.92 Å². The van der Waals surface area contributed by atoms with Crippen molar-refractivity contribution in [1.82, 2.24) is 21.0 Å². The van der Waals surface area contributed by atoms with Crippen molar-refractivity contribution in [3.8, 4) is 0 Å². The van der Waals surface area contributed by atoms with Gasteiger partial charge in [-0.05, 0) is 45.7 Å². The Bertz CT molecular complexity index is 983. The van der Waals surface area contributed by atoms with E-state index in [-0.39, 0.29) is 38.7 Å². The van der Waals surface area contributed by atoms with Gasteiger partial charge in [-0.25, -0.2) is 9.86 Å². The van der Waals surface area contributed by atoms with Gasteiger partial charge in [-0.2, -0.15) is 0 Å². The lowest BCUT2D eigenvalue weighted by Crippen LogP contribution is -2.70. The zero-order valence-corrected chi connectivity index (χ0v) is 26.2. The Hall–Kier alpha value is -1.37. The van der Waals surface area contributed by atoms with Crippen LogP contribution in [0.1, 0.15) is 26.2 Å². The first-order valence-electron chi connectivity index (χ1n) is 15.7. The van der Waals surface area contributed by atoms with Gasteiger partial charge >= 0.3 is 6.03 Å². The third-order valence-corrected chi connectivity index (χ3v) is 9.34. The molecule has 19 heteroatoms. The van der Waals surface area contributed by atoms with E-state index in [1.54, 1.807) is 0 Å². The smallest absolute Gasteiger partial charge is 0.341 e. The van der Waals surface area contributed by atoms with Gasteiger partial charge in [-0.15, -0.1) is 0 Å². The Kier molecular flexibility index (Phi) is 12.9. The molecule has 268 valence electrons. The zero-order valence-electron chi connectivity index (χ0n) is 26.2. The standard InChI is InChI=1S/C27H53N7O12/c1-27(41)10-43-24(20(39)23(27)31-2)46-22-14(33-26(40)34(42)4-3-28)7-13(30)21(19(22)38)45-25-18(37)17(36)16(35)15(44-25)9-32-8-11-5-12(29)6-11/h11-25,31-32,35-39,41-42H,3-10,28-30H2,1-2H3,(H,33,40)/t11?,12?,13-,14+,15+,16+,17-,18+,19-,20+,21?,22-,23+,24+,25+,27-/m0/s1. The van der Waals surface area contributed by atoms with Crippen molar-refractivity contribution in [3.05, 3.63) is 0 Å². The van der Waals surface area contributed by atoms with Gasteiger partial charge in [0, 0.05) is 25.2 Å². The van der Waals surface area contributed by atoms with Crippen LogP contribution >= 0.6 is 0 Å². The fourth-order valence-corrected chi connectivity index (χ4v) is 6.65. The first-order valence-corrected chi connectivity index (χ1v) is 15.7. The SMILES string of the molecule is CN[C@@H]1[C@@H](O)[C@@H](O[C@H]2[C@H](NC(=O)N(O)CCN)C[C@H](N)C(O[C@H]3O[C@H](CNCC4CC(N)C4)[C@@H](O)[C@H](O)[C@H]3O)[C@@H]2O)OC[C@]1(C)O. The van der Waals surface area contributed by atoms with E-state index < -0.39 is 91.2 Å². The minimum Gasteiger partial charge on any atom is -0.388 e. The molecule has 1 unspecified atom stereocenters. The van der Waals surface area contributed by atoms with Crippen molar-refractivity contribution >= 4 is 6.03 Å². The highest BCUT2D eigenvalue weighted by molar-refractivity contribution is 5.73. The second kappa shape index (κ2) is 15.9. The summed E-state index contributed by atoms with van der Waals surface area (Å²) in [5, 5.41) is 84.0. The van der Waals surface area contributed by atoms with Crippen molar-refractivity contribution in [2.45, 2.75) is 117 Å². The van der Waals surface area contributed by atoms with E-state index in [1.165, 1.54) is 14.0 Å². The number of carbonyl (C=O) groups is 1. The number of nitrogens with zero attached hydrogens (tertiary/aromatic N) is 1. The quantitative estimate of drug-likeness (QED) is 0.0680. The first kappa shape index (κ1) is 37.4. The number of hydrogen-bond donors (Lipinski definition) is 13. The maximum atomic E-state index is 12.7. The number of amides is 2. The zero-order chi connectivity index (χ0) is 33.9. The van der Waals surface area contributed by atoms with Crippen LogP contribution in [0.3, 0.4) is 0 Å². The number of aliphatic hydroxyl groups excluding tert-OH is 5.